The van der Waals surface area contributed by atoms with E-state index in [0.29, 0.717) is 27.7 Å². The van der Waals surface area contributed by atoms with Gasteiger partial charge in [0.15, 0.2) is 10.8 Å². The summed E-state index contributed by atoms with van der Waals surface area (Å²) < 4.78 is 50.8. The normalized spacial score (nSPS) is 24.7. The number of benzene rings is 1. The average Bonchev–Trinajstić information content (AvgIpc) is 3.64. The van der Waals surface area contributed by atoms with Crippen molar-refractivity contribution in [3.63, 3.8) is 0 Å². The van der Waals surface area contributed by atoms with E-state index in [1.54, 1.807) is 41.3 Å². The molecule has 2 saturated heterocycles. The van der Waals surface area contributed by atoms with Crippen LogP contribution in [-0.4, -0.2) is 88.0 Å². The molecule has 5 rings (SSSR count). The summed E-state index contributed by atoms with van der Waals surface area (Å²) in [5, 5.41) is 15.1. The van der Waals surface area contributed by atoms with Gasteiger partial charge in [-0.15, -0.1) is 11.3 Å². The van der Waals surface area contributed by atoms with Crippen LogP contribution in [0.2, 0.25) is 0 Å². The van der Waals surface area contributed by atoms with E-state index in [2.05, 4.69) is 10.3 Å². The van der Waals surface area contributed by atoms with Crippen molar-refractivity contribution in [3.05, 3.63) is 63.0 Å². The molecule has 0 spiro atoms. The molecule has 2 aromatic rings. The maximum Gasteiger partial charge on any atom is 0.338 e. The quantitative estimate of drug-likeness (QED) is 0.449. The van der Waals surface area contributed by atoms with Gasteiger partial charge in [0.2, 0.25) is 0 Å². The van der Waals surface area contributed by atoms with E-state index in [1.807, 2.05) is 0 Å². The molecule has 3 unspecified atom stereocenters. The van der Waals surface area contributed by atoms with E-state index in [1.165, 1.54) is 37.3 Å². The van der Waals surface area contributed by atoms with Crippen LogP contribution in [0.15, 0.2) is 46.0 Å². The number of nitrogens with one attached hydrogen (secondary N) is 1. The predicted molar refractivity (Wildman–Crippen MR) is 146 cm³/mol. The number of carboxylic acids is 1. The Balaban J connectivity index is 1.58. The molecule has 2 N–H and O–H groups in total. The first-order valence-electron chi connectivity index (χ1n) is 13.3. The minimum atomic E-state index is -3.07. The number of ether oxygens (including phenoxy) is 1. The second-order valence-electron chi connectivity index (χ2n) is 11.0. The number of nitrogens with zero attached hydrogens (tertiary/aromatic N) is 4. The van der Waals surface area contributed by atoms with Crippen LogP contribution in [0.5, 0.6) is 0 Å². The molecule has 0 radical (unpaired) electrons. The summed E-state index contributed by atoms with van der Waals surface area (Å²) in [5.74, 6) is -6.06. The monoisotopic (exact) mass is 591 g/mol. The number of aromatic nitrogens is 1. The van der Waals surface area contributed by atoms with Gasteiger partial charge in [0.05, 0.1) is 24.6 Å². The number of likely N-dealkylation sites (tertiary alicyclic amines) is 2. The van der Waals surface area contributed by atoms with Crippen LogP contribution in [0, 0.1) is 18.7 Å². The topological polar surface area (TPSA) is 107 Å². The zero-order valence-electron chi connectivity index (χ0n) is 23.2. The number of amidine groups is 1. The average molecular weight is 592 g/mol. The van der Waals surface area contributed by atoms with Crippen molar-refractivity contribution in [1.82, 2.24) is 20.1 Å². The van der Waals surface area contributed by atoms with Gasteiger partial charge in [0, 0.05) is 43.0 Å². The number of halogens is 3. The van der Waals surface area contributed by atoms with Gasteiger partial charge in [-0.2, -0.15) is 0 Å². The van der Waals surface area contributed by atoms with E-state index in [4.69, 9.17) is 9.73 Å². The van der Waals surface area contributed by atoms with Crippen molar-refractivity contribution >= 4 is 29.1 Å². The molecular formula is C28H32F3N5O4S. The number of carbonyl (C=O) groups is 2. The van der Waals surface area contributed by atoms with E-state index in [-0.39, 0.29) is 31.8 Å². The van der Waals surface area contributed by atoms with E-state index >= 15 is 8.78 Å². The molecule has 41 heavy (non-hydrogen) atoms. The Morgan fingerprint density at radius 3 is 2.71 bits per heavy atom. The Labute approximate surface area is 239 Å². The smallest absolute Gasteiger partial charge is 0.338 e. The number of aliphatic imine (C=N–C) groups is 1. The number of hydrogen-bond acceptors (Lipinski definition) is 9. The Hall–Kier alpha value is -3.29. The van der Waals surface area contributed by atoms with Crippen molar-refractivity contribution < 1.29 is 32.6 Å². The molecule has 0 saturated carbocycles. The zero-order chi connectivity index (χ0) is 29.7. The number of hydrogen-bond donors (Lipinski definition) is 2. The van der Waals surface area contributed by atoms with Crippen LogP contribution < -0.4 is 5.32 Å². The second kappa shape index (κ2) is 10.8. The molecule has 0 bridgehead atoms. The number of esters is 1. The van der Waals surface area contributed by atoms with E-state index in [0.717, 1.165) is 0 Å². The molecule has 1 aromatic carbocycles. The lowest BCUT2D eigenvalue weighted by molar-refractivity contribution is -0.149. The van der Waals surface area contributed by atoms with Crippen LogP contribution in [0.25, 0.3) is 0 Å². The third kappa shape index (κ3) is 5.26. The Morgan fingerprint density at radius 2 is 2.05 bits per heavy atom. The Kier molecular flexibility index (Phi) is 7.72. The summed E-state index contributed by atoms with van der Waals surface area (Å²) in [4.78, 5) is 37.6. The number of thiazole rings is 1. The van der Waals surface area contributed by atoms with Gasteiger partial charge < -0.3 is 15.2 Å². The van der Waals surface area contributed by atoms with Gasteiger partial charge in [-0.3, -0.25) is 19.6 Å². The number of fused-ring (bicyclic) bond motifs is 1. The zero-order valence-corrected chi connectivity index (χ0v) is 24.0. The van der Waals surface area contributed by atoms with Crippen LogP contribution in [0.3, 0.4) is 0 Å². The molecule has 220 valence electrons. The SMILES string of the molecule is CCOC(=O)C1=C(CN2CC(F)(F)C3CN(C(C)(C)C(=O)O)CC32)NC(c2nccs2)=NC1c1cccc(F)c1C. The maximum atomic E-state index is 15.4. The van der Waals surface area contributed by atoms with Crippen molar-refractivity contribution in [3.8, 4) is 0 Å². The van der Waals surface area contributed by atoms with Crippen molar-refractivity contribution in [2.75, 3.05) is 32.8 Å². The minimum Gasteiger partial charge on any atom is -0.480 e. The molecular weight excluding hydrogens is 559 g/mol. The highest BCUT2D eigenvalue weighted by molar-refractivity contribution is 7.11. The first-order chi connectivity index (χ1) is 19.3. The Morgan fingerprint density at radius 1 is 1.29 bits per heavy atom. The molecule has 13 heteroatoms. The fourth-order valence-corrected chi connectivity index (χ4v) is 6.40. The molecule has 3 atom stereocenters. The number of carbonyl (C=O) groups excluding carboxylic acids is 1. The summed E-state index contributed by atoms with van der Waals surface area (Å²) in [6.07, 6.45) is 1.60. The molecule has 4 heterocycles. The molecule has 3 aliphatic heterocycles. The summed E-state index contributed by atoms with van der Waals surface area (Å²) in [6.45, 7) is 5.75. The first-order valence-corrected chi connectivity index (χ1v) is 14.2. The first kappa shape index (κ1) is 29.2. The third-order valence-electron chi connectivity index (χ3n) is 8.25. The molecule has 1 aromatic heterocycles. The van der Waals surface area contributed by atoms with Gasteiger partial charge >= 0.3 is 11.9 Å². The van der Waals surface area contributed by atoms with Gasteiger partial charge in [-0.05, 0) is 44.9 Å². The lowest BCUT2D eigenvalue weighted by atomic mass is 9.92. The largest absolute Gasteiger partial charge is 0.480 e. The summed E-state index contributed by atoms with van der Waals surface area (Å²) >= 11 is 1.31. The highest BCUT2D eigenvalue weighted by atomic mass is 32.1. The number of carboxylic acid groups (broad SMARTS) is 1. The molecule has 2 fully saturated rings. The molecule has 3 aliphatic rings. The molecule has 0 amide bonds. The fourth-order valence-electron chi connectivity index (χ4n) is 5.81. The number of alkyl halides is 2. The summed E-state index contributed by atoms with van der Waals surface area (Å²) in [6, 6.07) is 2.90. The van der Waals surface area contributed by atoms with Crippen LogP contribution in [0.4, 0.5) is 13.2 Å². The third-order valence-corrected chi connectivity index (χ3v) is 9.03. The lowest BCUT2D eigenvalue weighted by Gasteiger charge is -2.34. The highest BCUT2D eigenvalue weighted by Crippen LogP contribution is 2.45. The Bertz CT molecular complexity index is 1410. The highest BCUT2D eigenvalue weighted by Gasteiger charge is 2.60. The van der Waals surface area contributed by atoms with Crippen LogP contribution >= 0.6 is 11.3 Å². The fraction of sp³-hybridized carbons (Fsp3) is 0.500. The molecule has 0 aliphatic carbocycles. The predicted octanol–water partition coefficient (Wildman–Crippen LogP) is 3.61. The van der Waals surface area contributed by atoms with Crippen molar-refractivity contribution in [1.29, 1.82) is 0 Å². The standard InChI is InChI=1S/C28H32F3N5O4S/c1-5-40-25(37)21-19(12-35-14-28(30,31)17-11-36(13-20(17)35)27(3,4)26(38)39)33-23(24-32-9-10-41-24)34-22(21)16-7-6-8-18(29)15(16)2/h6-10,17,20,22H,5,11-14H2,1-4H3,(H,33,34)(H,38,39). The minimum absolute atomic E-state index is 0.0678. The van der Waals surface area contributed by atoms with Gasteiger partial charge in [0.25, 0.3) is 5.92 Å². The van der Waals surface area contributed by atoms with Crippen molar-refractivity contribution in [2.45, 2.75) is 51.2 Å². The van der Waals surface area contributed by atoms with Gasteiger partial charge in [-0.25, -0.2) is 22.9 Å². The van der Waals surface area contributed by atoms with E-state index in [9.17, 15) is 19.1 Å². The number of rotatable bonds is 8. The van der Waals surface area contributed by atoms with Crippen LogP contribution in [-0.2, 0) is 14.3 Å². The van der Waals surface area contributed by atoms with Gasteiger partial charge in [0.1, 0.15) is 17.4 Å². The molecule has 9 nitrogen and oxygen atoms in total. The van der Waals surface area contributed by atoms with Crippen molar-refractivity contribution in [2.24, 2.45) is 10.9 Å². The number of aliphatic carboxylic acids is 1. The summed E-state index contributed by atoms with van der Waals surface area (Å²) in [5.41, 5.74) is -0.160. The van der Waals surface area contributed by atoms with Crippen LogP contribution in [0.1, 0.15) is 42.9 Å². The second-order valence-corrected chi connectivity index (χ2v) is 11.9. The lowest BCUT2D eigenvalue weighted by Crippen LogP contribution is -2.51. The maximum absolute atomic E-state index is 15.4. The summed E-state index contributed by atoms with van der Waals surface area (Å²) in [7, 11) is 0. The van der Waals surface area contributed by atoms with Gasteiger partial charge in [-0.1, -0.05) is 12.1 Å². The van der Waals surface area contributed by atoms with E-state index < -0.39 is 53.8 Å².